The molecule has 0 aromatic carbocycles. The number of thioether (sulfide) groups is 1. The van der Waals surface area contributed by atoms with Crippen LogP contribution in [0.15, 0.2) is 0 Å². The van der Waals surface area contributed by atoms with Gasteiger partial charge in [-0.15, -0.1) is 0 Å². The van der Waals surface area contributed by atoms with Crippen molar-refractivity contribution >= 4 is 11.8 Å². The van der Waals surface area contributed by atoms with Crippen molar-refractivity contribution < 1.29 is 5.11 Å². The van der Waals surface area contributed by atoms with Crippen molar-refractivity contribution in [1.82, 2.24) is 4.90 Å². The van der Waals surface area contributed by atoms with E-state index in [1.54, 1.807) is 0 Å². The highest BCUT2D eigenvalue weighted by atomic mass is 32.2. The first-order valence-electron chi connectivity index (χ1n) is 5.66. The summed E-state index contributed by atoms with van der Waals surface area (Å²) in [5.41, 5.74) is 0. The van der Waals surface area contributed by atoms with Gasteiger partial charge in [-0.25, -0.2) is 0 Å². The summed E-state index contributed by atoms with van der Waals surface area (Å²) in [6.07, 6.45) is 7.65. The van der Waals surface area contributed by atoms with Crippen LogP contribution in [0, 0.1) is 5.92 Å². The molecule has 1 atom stereocenters. The summed E-state index contributed by atoms with van der Waals surface area (Å²) in [4.78, 5) is 2.55. The molecule has 0 spiro atoms. The molecule has 2 aliphatic rings. The molecule has 2 nitrogen and oxygen atoms in total. The molecule has 0 bridgehead atoms. The Morgan fingerprint density at radius 1 is 1.50 bits per heavy atom. The molecule has 14 heavy (non-hydrogen) atoms. The number of hydrogen-bond donors (Lipinski definition) is 1. The van der Waals surface area contributed by atoms with Crippen LogP contribution in [-0.2, 0) is 0 Å². The van der Waals surface area contributed by atoms with Crippen LogP contribution in [0.3, 0.4) is 0 Å². The number of aliphatic hydroxyl groups excluding tert-OH is 1. The number of nitrogens with zero attached hydrogens (tertiary/aromatic N) is 1. The molecule has 3 heteroatoms. The minimum absolute atomic E-state index is 0.378. The van der Waals surface area contributed by atoms with Gasteiger partial charge in [0.25, 0.3) is 0 Å². The summed E-state index contributed by atoms with van der Waals surface area (Å²) in [7, 11) is 0. The normalized spacial score (nSPS) is 31.7. The van der Waals surface area contributed by atoms with Crippen LogP contribution >= 0.6 is 11.8 Å². The number of hydrogen-bond acceptors (Lipinski definition) is 3. The second kappa shape index (κ2) is 4.42. The highest BCUT2D eigenvalue weighted by Crippen LogP contribution is 2.43. The molecule has 0 aromatic heterocycles. The lowest BCUT2D eigenvalue weighted by Gasteiger charge is -2.43. The van der Waals surface area contributed by atoms with Crippen molar-refractivity contribution in [3.63, 3.8) is 0 Å². The van der Waals surface area contributed by atoms with E-state index in [-0.39, 0.29) is 0 Å². The molecule has 1 unspecified atom stereocenters. The lowest BCUT2D eigenvalue weighted by molar-refractivity contribution is 0.200. The zero-order chi connectivity index (χ0) is 10.0. The molecular weight excluding hydrogens is 194 g/mol. The largest absolute Gasteiger partial charge is 0.396 e. The quantitative estimate of drug-likeness (QED) is 0.770. The van der Waals surface area contributed by atoms with Crippen LogP contribution in [0.5, 0.6) is 0 Å². The first kappa shape index (κ1) is 10.8. The Bertz CT molecular complexity index is 188. The smallest absolute Gasteiger partial charge is 0.0471 e. The van der Waals surface area contributed by atoms with Gasteiger partial charge in [0.05, 0.1) is 0 Å². The van der Waals surface area contributed by atoms with Crippen molar-refractivity contribution in [3.8, 4) is 0 Å². The van der Waals surface area contributed by atoms with E-state index in [0.717, 1.165) is 6.54 Å². The molecule has 1 heterocycles. The Hall–Kier alpha value is 0.270. The van der Waals surface area contributed by atoms with Gasteiger partial charge in [-0.3, -0.25) is 0 Å². The molecule has 1 aliphatic heterocycles. The van der Waals surface area contributed by atoms with Crippen molar-refractivity contribution in [2.24, 2.45) is 5.92 Å². The summed E-state index contributed by atoms with van der Waals surface area (Å²) >= 11 is 2.05. The topological polar surface area (TPSA) is 23.5 Å². The summed E-state index contributed by atoms with van der Waals surface area (Å²) in [5.74, 6) is 0.550. The average molecular weight is 215 g/mol. The second-order valence-electron chi connectivity index (χ2n) is 4.81. The third-order valence-corrected chi connectivity index (χ3v) is 5.24. The fourth-order valence-electron chi connectivity index (χ4n) is 2.61. The molecule has 1 saturated carbocycles. The van der Waals surface area contributed by atoms with E-state index in [0.29, 0.717) is 17.3 Å². The third-order valence-electron chi connectivity index (χ3n) is 3.84. The van der Waals surface area contributed by atoms with Crippen molar-refractivity contribution in [1.29, 1.82) is 0 Å². The molecular formula is C11H21NOS. The van der Waals surface area contributed by atoms with Crippen LogP contribution in [0.25, 0.3) is 0 Å². The first-order chi connectivity index (χ1) is 6.78. The molecule has 2 fully saturated rings. The third kappa shape index (κ3) is 2.10. The van der Waals surface area contributed by atoms with Gasteiger partial charge in [-0.05, 0) is 38.0 Å². The molecule has 0 amide bonds. The fraction of sp³-hybridized carbons (Fsp3) is 1.00. The van der Waals surface area contributed by atoms with Gasteiger partial charge in [0.15, 0.2) is 0 Å². The van der Waals surface area contributed by atoms with E-state index in [4.69, 9.17) is 5.11 Å². The Kier molecular flexibility index (Phi) is 3.40. The van der Waals surface area contributed by atoms with Gasteiger partial charge in [-0.1, -0.05) is 6.42 Å². The highest BCUT2D eigenvalue weighted by molar-refractivity contribution is 8.00. The van der Waals surface area contributed by atoms with E-state index < -0.39 is 0 Å². The van der Waals surface area contributed by atoms with E-state index in [9.17, 15) is 0 Å². The minimum atomic E-state index is 0.378. The van der Waals surface area contributed by atoms with E-state index in [2.05, 4.69) is 22.9 Å². The monoisotopic (exact) mass is 215 g/mol. The molecule has 1 N–H and O–H groups in total. The number of aliphatic hydroxyl groups is 1. The minimum Gasteiger partial charge on any atom is -0.396 e. The summed E-state index contributed by atoms with van der Waals surface area (Å²) < 4.78 is 0.574. The maximum Gasteiger partial charge on any atom is 0.0471 e. The van der Waals surface area contributed by atoms with Gasteiger partial charge < -0.3 is 10.0 Å². The summed E-state index contributed by atoms with van der Waals surface area (Å²) in [6.45, 7) is 3.96. The van der Waals surface area contributed by atoms with Gasteiger partial charge in [-0.2, -0.15) is 11.8 Å². The molecule has 0 aromatic rings. The maximum atomic E-state index is 9.08. The predicted molar refractivity (Wildman–Crippen MR) is 61.7 cm³/mol. The fourth-order valence-corrected chi connectivity index (χ4v) is 3.62. The Balaban J connectivity index is 1.80. The van der Waals surface area contributed by atoms with Gasteiger partial charge in [0, 0.05) is 24.4 Å². The molecule has 2 rings (SSSR count). The second-order valence-corrected chi connectivity index (χ2v) is 6.09. The molecule has 82 valence electrons. The lowest BCUT2D eigenvalue weighted by Crippen LogP contribution is -2.44. The van der Waals surface area contributed by atoms with E-state index in [1.165, 1.54) is 38.8 Å². The van der Waals surface area contributed by atoms with Gasteiger partial charge in [0.2, 0.25) is 0 Å². The van der Waals surface area contributed by atoms with Crippen molar-refractivity contribution in [3.05, 3.63) is 0 Å². The highest BCUT2D eigenvalue weighted by Gasteiger charge is 2.39. The van der Waals surface area contributed by atoms with Crippen LogP contribution in [0.4, 0.5) is 0 Å². The maximum absolute atomic E-state index is 9.08. The van der Waals surface area contributed by atoms with Crippen LogP contribution in [0.2, 0.25) is 0 Å². The summed E-state index contributed by atoms with van der Waals surface area (Å²) in [5, 5.41) is 9.08. The lowest BCUT2D eigenvalue weighted by atomic mass is 9.84. The van der Waals surface area contributed by atoms with Crippen molar-refractivity contribution in [2.45, 2.75) is 30.4 Å². The Morgan fingerprint density at radius 2 is 2.29 bits per heavy atom. The SMILES string of the molecule is CSC1(CN2CCC(CO)C2)CCC1. The van der Waals surface area contributed by atoms with Gasteiger partial charge >= 0.3 is 0 Å². The Morgan fingerprint density at radius 3 is 2.71 bits per heavy atom. The van der Waals surface area contributed by atoms with Gasteiger partial charge in [0.1, 0.15) is 0 Å². The zero-order valence-electron chi connectivity index (χ0n) is 9.04. The average Bonchev–Trinajstić information content (AvgIpc) is 2.59. The zero-order valence-corrected chi connectivity index (χ0v) is 9.85. The summed E-state index contributed by atoms with van der Waals surface area (Å²) in [6, 6.07) is 0. The standard InChI is InChI=1S/C11H21NOS/c1-14-11(4-2-5-11)9-12-6-3-10(7-12)8-13/h10,13H,2-9H2,1H3. The van der Waals surface area contributed by atoms with Crippen LogP contribution in [0.1, 0.15) is 25.7 Å². The van der Waals surface area contributed by atoms with Crippen molar-refractivity contribution in [2.75, 3.05) is 32.5 Å². The first-order valence-corrected chi connectivity index (χ1v) is 6.89. The number of rotatable bonds is 4. The van der Waals surface area contributed by atoms with E-state index in [1.807, 2.05) is 0 Å². The molecule has 0 radical (unpaired) electrons. The predicted octanol–water partition coefficient (Wildman–Crippen LogP) is 1.59. The Labute approximate surface area is 91.1 Å². The number of likely N-dealkylation sites (tertiary alicyclic amines) is 1. The molecule has 1 aliphatic carbocycles. The van der Waals surface area contributed by atoms with E-state index >= 15 is 0 Å². The van der Waals surface area contributed by atoms with Crippen LogP contribution in [-0.4, -0.2) is 47.3 Å². The van der Waals surface area contributed by atoms with Crippen LogP contribution < -0.4 is 0 Å². The molecule has 1 saturated heterocycles.